The standard InChI is InChI=1S/C29H29N5O3/c1-20-10-12-22(13-11-20)19-34-26-9-4-3-8-25(26)31-27(28(34)36)32-14-16-33(17-15-32)29(37)30-24-7-5-6-23(18-24)21(2)35/h3-13,18H,14-17,19H2,1-2H3,(H,30,37). The molecule has 37 heavy (non-hydrogen) atoms. The summed E-state index contributed by atoms with van der Waals surface area (Å²) >= 11 is 0. The minimum Gasteiger partial charge on any atom is -0.348 e. The number of ketones is 1. The Bertz CT molecular complexity index is 1520. The Morgan fingerprint density at radius 1 is 0.919 bits per heavy atom. The van der Waals surface area contributed by atoms with Crippen molar-refractivity contribution in [2.24, 2.45) is 0 Å². The van der Waals surface area contributed by atoms with Crippen LogP contribution in [0.5, 0.6) is 0 Å². The van der Waals surface area contributed by atoms with Gasteiger partial charge < -0.3 is 15.1 Å². The van der Waals surface area contributed by atoms with E-state index >= 15 is 0 Å². The molecule has 1 aromatic heterocycles. The molecule has 0 atom stereocenters. The number of nitrogens with zero attached hydrogens (tertiary/aromatic N) is 4. The number of hydrogen-bond donors (Lipinski definition) is 1. The van der Waals surface area contributed by atoms with Crippen LogP contribution in [0.25, 0.3) is 11.0 Å². The van der Waals surface area contributed by atoms with Crippen LogP contribution < -0.4 is 15.8 Å². The van der Waals surface area contributed by atoms with Gasteiger partial charge in [-0.3, -0.25) is 14.2 Å². The third-order valence-corrected chi connectivity index (χ3v) is 6.68. The molecule has 0 bridgehead atoms. The number of aromatic nitrogens is 2. The van der Waals surface area contributed by atoms with Crippen LogP contribution in [0.1, 0.15) is 28.4 Å². The second-order valence-electron chi connectivity index (χ2n) is 9.34. The lowest BCUT2D eigenvalue weighted by Gasteiger charge is -2.35. The van der Waals surface area contributed by atoms with E-state index in [1.54, 1.807) is 33.7 Å². The average Bonchev–Trinajstić information content (AvgIpc) is 2.91. The third kappa shape index (κ3) is 5.23. The van der Waals surface area contributed by atoms with Crippen LogP contribution in [0, 0.1) is 6.92 Å². The zero-order valence-electron chi connectivity index (χ0n) is 21.0. The van der Waals surface area contributed by atoms with Gasteiger partial charge in [0.1, 0.15) is 0 Å². The maximum absolute atomic E-state index is 13.6. The second-order valence-corrected chi connectivity index (χ2v) is 9.34. The molecule has 2 amide bonds. The fraction of sp³-hybridized carbons (Fsp3) is 0.241. The summed E-state index contributed by atoms with van der Waals surface area (Å²) in [4.78, 5) is 46.5. The molecule has 0 unspecified atom stereocenters. The summed E-state index contributed by atoms with van der Waals surface area (Å²) in [5, 5.41) is 2.87. The summed E-state index contributed by atoms with van der Waals surface area (Å²) in [5.74, 6) is 0.348. The van der Waals surface area contributed by atoms with Gasteiger partial charge in [-0.2, -0.15) is 0 Å². The Balaban J connectivity index is 1.34. The summed E-state index contributed by atoms with van der Waals surface area (Å²) in [7, 11) is 0. The number of hydrogen-bond acceptors (Lipinski definition) is 5. The van der Waals surface area contributed by atoms with Gasteiger partial charge in [-0.25, -0.2) is 9.78 Å². The molecular weight excluding hydrogens is 466 g/mol. The van der Waals surface area contributed by atoms with Gasteiger partial charge in [0.2, 0.25) is 0 Å². The lowest BCUT2D eigenvalue weighted by molar-refractivity contribution is 0.101. The Morgan fingerprint density at radius 3 is 2.38 bits per heavy atom. The average molecular weight is 496 g/mol. The first-order chi connectivity index (χ1) is 17.9. The molecule has 0 aliphatic carbocycles. The Kier molecular flexibility index (Phi) is 6.72. The van der Waals surface area contributed by atoms with Crippen LogP contribution in [-0.4, -0.2) is 52.4 Å². The molecule has 2 heterocycles. The van der Waals surface area contributed by atoms with Crippen LogP contribution in [0.2, 0.25) is 0 Å². The number of benzene rings is 3. The molecule has 3 aromatic carbocycles. The molecule has 1 aliphatic heterocycles. The number of fused-ring (bicyclic) bond motifs is 1. The second kappa shape index (κ2) is 10.3. The smallest absolute Gasteiger partial charge is 0.321 e. The largest absolute Gasteiger partial charge is 0.348 e. The Morgan fingerprint density at radius 2 is 1.65 bits per heavy atom. The zero-order valence-corrected chi connectivity index (χ0v) is 21.0. The third-order valence-electron chi connectivity index (χ3n) is 6.68. The molecule has 1 aliphatic rings. The zero-order chi connectivity index (χ0) is 25.9. The number of urea groups is 1. The SMILES string of the molecule is CC(=O)c1cccc(NC(=O)N2CCN(c3nc4ccccc4n(Cc4ccc(C)cc4)c3=O)CC2)c1. The first-order valence-corrected chi connectivity index (χ1v) is 12.4. The highest BCUT2D eigenvalue weighted by atomic mass is 16.2. The minimum atomic E-state index is -0.233. The molecule has 5 rings (SSSR count). The normalized spacial score (nSPS) is 13.6. The molecule has 1 N–H and O–H groups in total. The number of carbonyl (C=O) groups excluding carboxylic acids is 2. The topological polar surface area (TPSA) is 87.5 Å². The lowest BCUT2D eigenvalue weighted by Crippen LogP contribution is -2.51. The first-order valence-electron chi connectivity index (χ1n) is 12.4. The number of Topliss-reactive ketones (excluding diaryl/α,β-unsaturated/α-hetero) is 1. The van der Waals surface area contributed by atoms with Crippen LogP contribution in [0.15, 0.2) is 77.6 Å². The predicted molar refractivity (Wildman–Crippen MR) is 146 cm³/mol. The van der Waals surface area contributed by atoms with Crippen LogP contribution in [0.3, 0.4) is 0 Å². The maximum atomic E-state index is 13.6. The number of aryl methyl sites for hydroxylation is 1. The molecule has 0 saturated carbocycles. The van der Waals surface area contributed by atoms with Crippen LogP contribution in [0.4, 0.5) is 16.3 Å². The molecule has 4 aromatic rings. The molecule has 8 nitrogen and oxygen atoms in total. The van der Waals surface area contributed by atoms with Crippen LogP contribution >= 0.6 is 0 Å². The van der Waals surface area contributed by atoms with Gasteiger partial charge in [-0.1, -0.05) is 54.1 Å². The molecule has 8 heteroatoms. The predicted octanol–water partition coefficient (Wildman–Crippen LogP) is 4.31. The van der Waals surface area contributed by atoms with Gasteiger partial charge >= 0.3 is 6.03 Å². The molecule has 0 radical (unpaired) electrons. The van der Waals surface area contributed by atoms with Crippen molar-refractivity contribution < 1.29 is 9.59 Å². The summed E-state index contributed by atoms with van der Waals surface area (Å²) in [6.07, 6.45) is 0. The van der Waals surface area contributed by atoms with Crippen molar-refractivity contribution >= 4 is 34.4 Å². The fourth-order valence-electron chi connectivity index (χ4n) is 4.56. The lowest BCUT2D eigenvalue weighted by atomic mass is 10.1. The van der Waals surface area contributed by atoms with Crippen molar-refractivity contribution in [3.05, 3.63) is 99.8 Å². The number of carbonyl (C=O) groups is 2. The van der Waals surface area contributed by atoms with E-state index in [1.165, 1.54) is 12.5 Å². The van der Waals surface area contributed by atoms with Gasteiger partial charge in [0.05, 0.1) is 17.6 Å². The van der Waals surface area contributed by atoms with E-state index in [0.29, 0.717) is 49.8 Å². The number of rotatable bonds is 5. The van der Waals surface area contributed by atoms with Crippen molar-refractivity contribution in [2.45, 2.75) is 20.4 Å². The van der Waals surface area contributed by atoms with E-state index < -0.39 is 0 Å². The summed E-state index contributed by atoms with van der Waals surface area (Å²) in [6, 6.07) is 22.5. The number of nitrogens with one attached hydrogen (secondary N) is 1. The molecule has 1 saturated heterocycles. The summed E-state index contributed by atoms with van der Waals surface area (Å²) in [6.45, 7) is 5.87. The van der Waals surface area contributed by atoms with E-state index in [0.717, 1.165) is 16.6 Å². The van der Waals surface area contributed by atoms with E-state index in [1.807, 2.05) is 60.4 Å². The first kappa shape index (κ1) is 24.2. The van der Waals surface area contributed by atoms with E-state index in [9.17, 15) is 14.4 Å². The highest BCUT2D eigenvalue weighted by molar-refractivity contribution is 5.96. The monoisotopic (exact) mass is 495 g/mol. The van der Waals surface area contributed by atoms with Crippen LogP contribution in [-0.2, 0) is 6.54 Å². The van der Waals surface area contributed by atoms with Crippen molar-refractivity contribution in [3.8, 4) is 0 Å². The quantitative estimate of drug-likeness (QED) is 0.417. The van der Waals surface area contributed by atoms with Crippen molar-refractivity contribution in [2.75, 3.05) is 36.4 Å². The number of anilines is 2. The van der Waals surface area contributed by atoms with Gasteiger partial charge in [-0.15, -0.1) is 0 Å². The van der Waals surface area contributed by atoms with Gasteiger partial charge in [0, 0.05) is 37.4 Å². The van der Waals surface area contributed by atoms with Gasteiger partial charge in [0.15, 0.2) is 11.6 Å². The van der Waals surface area contributed by atoms with Gasteiger partial charge in [0.25, 0.3) is 5.56 Å². The Labute approximate surface area is 215 Å². The molecule has 0 spiro atoms. The Hall–Kier alpha value is -4.46. The number of amides is 2. The highest BCUT2D eigenvalue weighted by Gasteiger charge is 2.25. The van der Waals surface area contributed by atoms with E-state index in [2.05, 4.69) is 5.32 Å². The van der Waals surface area contributed by atoms with E-state index in [4.69, 9.17) is 4.98 Å². The summed E-state index contributed by atoms with van der Waals surface area (Å²) in [5.41, 5.74) is 4.76. The van der Waals surface area contributed by atoms with Crippen molar-refractivity contribution in [1.82, 2.24) is 14.5 Å². The molecular formula is C29H29N5O3. The van der Waals surface area contributed by atoms with Gasteiger partial charge in [-0.05, 0) is 43.7 Å². The fourth-order valence-corrected chi connectivity index (χ4v) is 4.56. The number of para-hydroxylation sites is 2. The maximum Gasteiger partial charge on any atom is 0.321 e. The number of piperazine rings is 1. The highest BCUT2D eigenvalue weighted by Crippen LogP contribution is 2.18. The minimum absolute atomic E-state index is 0.0550. The summed E-state index contributed by atoms with van der Waals surface area (Å²) < 4.78 is 1.78. The molecule has 188 valence electrons. The van der Waals surface area contributed by atoms with E-state index in [-0.39, 0.29) is 17.4 Å². The molecule has 1 fully saturated rings. The van der Waals surface area contributed by atoms with Crippen molar-refractivity contribution in [1.29, 1.82) is 0 Å². The van der Waals surface area contributed by atoms with Crippen molar-refractivity contribution in [3.63, 3.8) is 0 Å².